The van der Waals surface area contributed by atoms with Gasteiger partial charge in [0.2, 0.25) is 5.91 Å². The van der Waals surface area contributed by atoms with Crippen LogP contribution in [0.15, 0.2) is 69.3 Å². The molecule has 0 unspecified atom stereocenters. The molecule has 1 amide bonds. The molecule has 4 aromatic rings. The Bertz CT molecular complexity index is 1220. The minimum Gasteiger partial charge on any atom is -0.360 e. The molecular formula is C20H17N5O3S. The van der Waals surface area contributed by atoms with Crippen molar-refractivity contribution < 1.29 is 9.32 Å². The second kappa shape index (κ2) is 8.27. The summed E-state index contributed by atoms with van der Waals surface area (Å²) in [6.07, 6.45) is 3.38. The monoisotopic (exact) mass is 407 g/mol. The number of anilines is 1. The van der Waals surface area contributed by atoms with Crippen LogP contribution >= 0.6 is 11.8 Å². The summed E-state index contributed by atoms with van der Waals surface area (Å²) >= 11 is 1.19. The molecule has 3 heterocycles. The summed E-state index contributed by atoms with van der Waals surface area (Å²) < 4.78 is 6.51. The predicted molar refractivity (Wildman–Crippen MR) is 110 cm³/mol. The molecule has 9 heteroatoms. The Morgan fingerprint density at radius 1 is 1.24 bits per heavy atom. The Balaban J connectivity index is 1.62. The number of nitrogens with zero attached hydrogens (tertiary/aromatic N) is 4. The molecule has 0 aliphatic rings. The smallest absolute Gasteiger partial charge is 0.262 e. The predicted octanol–water partition coefficient (Wildman–Crippen LogP) is 2.87. The van der Waals surface area contributed by atoms with E-state index in [0.29, 0.717) is 34.2 Å². The molecule has 8 nitrogen and oxygen atoms in total. The summed E-state index contributed by atoms with van der Waals surface area (Å²) in [6.45, 7) is 2.06. The van der Waals surface area contributed by atoms with Crippen LogP contribution in [-0.2, 0) is 11.3 Å². The number of hydrogen-bond acceptors (Lipinski definition) is 7. The number of thioether (sulfide) groups is 1. The van der Waals surface area contributed by atoms with Crippen molar-refractivity contribution in [2.75, 3.05) is 11.1 Å². The fourth-order valence-electron chi connectivity index (χ4n) is 2.81. The Kier molecular flexibility index (Phi) is 5.39. The molecule has 0 saturated heterocycles. The number of benzene rings is 1. The van der Waals surface area contributed by atoms with Gasteiger partial charge in [0.15, 0.2) is 11.0 Å². The van der Waals surface area contributed by atoms with Crippen molar-refractivity contribution in [1.82, 2.24) is 19.7 Å². The number of para-hydroxylation sites is 1. The standard InChI is InChI=1S/C20H17N5O3S/c1-13-9-17(24-28-13)23-18(26)12-29-20-22-16-7-3-2-6-15(16)19(27)25(20)11-14-5-4-8-21-10-14/h2-10H,11-12H2,1H3,(H,23,24,26). The normalized spacial score (nSPS) is 10.9. The Morgan fingerprint density at radius 3 is 2.86 bits per heavy atom. The number of carbonyl (C=O) groups is 1. The van der Waals surface area contributed by atoms with Crippen LogP contribution in [0.3, 0.4) is 0 Å². The SMILES string of the molecule is Cc1cc(NC(=O)CSc2nc3ccccc3c(=O)n2Cc2cccnc2)no1. The lowest BCUT2D eigenvalue weighted by Gasteiger charge is -2.13. The molecule has 0 fully saturated rings. The van der Waals surface area contributed by atoms with E-state index in [1.165, 1.54) is 11.8 Å². The van der Waals surface area contributed by atoms with E-state index in [2.05, 4.69) is 20.4 Å². The summed E-state index contributed by atoms with van der Waals surface area (Å²) in [6, 6.07) is 12.5. The molecule has 0 aliphatic carbocycles. The van der Waals surface area contributed by atoms with Crippen LogP contribution < -0.4 is 10.9 Å². The van der Waals surface area contributed by atoms with Crippen LogP contribution in [0, 0.1) is 6.92 Å². The highest BCUT2D eigenvalue weighted by Gasteiger charge is 2.14. The lowest BCUT2D eigenvalue weighted by molar-refractivity contribution is -0.113. The first-order valence-electron chi connectivity index (χ1n) is 8.84. The second-order valence-corrected chi connectivity index (χ2v) is 7.27. The zero-order valence-corrected chi connectivity index (χ0v) is 16.3. The average molecular weight is 407 g/mol. The van der Waals surface area contributed by atoms with Crippen LogP contribution in [0.4, 0.5) is 5.82 Å². The average Bonchev–Trinajstić information content (AvgIpc) is 3.14. The highest BCUT2D eigenvalue weighted by molar-refractivity contribution is 7.99. The van der Waals surface area contributed by atoms with E-state index in [4.69, 9.17) is 4.52 Å². The largest absolute Gasteiger partial charge is 0.360 e. The third-order valence-electron chi connectivity index (χ3n) is 4.12. The van der Waals surface area contributed by atoms with Crippen molar-refractivity contribution in [2.24, 2.45) is 0 Å². The van der Waals surface area contributed by atoms with Gasteiger partial charge < -0.3 is 9.84 Å². The van der Waals surface area contributed by atoms with E-state index < -0.39 is 0 Å². The Hall–Kier alpha value is -3.46. The molecule has 29 heavy (non-hydrogen) atoms. The van der Waals surface area contributed by atoms with E-state index in [0.717, 1.165) is 5.56 Å². The molecule has 0 bridgehead atoms. The number of hydrogen-bond donors (Lipinski definition) is 1. The van der Waals surface area contributed by atoms with Crippen molar-refractivity contribution in [3.63, 3.8) is 0 Å². The third-order valence-corrected chi connectivity index (χ3v) is 5.09. The van der Waals surface area contributed by atoms with Gasteiger partial charge in [0.1, 0.15) is 5.76 Å². The van der Waals surface area contributed by atoms with Gasteiger partial charge in [0.05, 0.1) is 23.2 Å². The van der Waals surface area contributed by atoms with Crippen LogP contribution in [0.2, 0.25) is 0 Å². The number of carbonyl (C=O) groups excluding carboxylic acids is 1. The quantitative estimate of drug-likeness (QED) is 0.387. The number of aromatic nitrogens is 4. The third kappa shape index (κ3) is 4.35. The van der Waals surface area contributed by atoms with Crippen LogP contribution in [0.1, 0.15) is 11.3 Å². The van der Waals surface area contributed by atoms with Crippen molar-refractivity contribution >= 4 is 34.4 Å². The van der Waals surface area contributed by atoms with E-state index in [-0.39, 0.29) is 17.2 Å². The molecule has 0 aliphatic heterocycles. The number of nitrogens with one attached hydrogen (secondary N) is 1. The molecule has 0 atom stereocenters. The summed E-state index contributed by atoms with van der Waals surface area (Å²) in [4.78, 5) is 34.0. The van der Waals surface area contributed by atoms with Gasteiger partial charge in [0, 0.05) is 18.5 Å². The fraction of sp³-hybridized carbons (Fsp3) is 0.150. The van der Waals surface area contributed by atoms with Crippen molar-refractivity contribution in [3.8, 4) is 0 Å². The number of rotatable bonds is 6. The van der Waals surface area contributed by atoms with Gasteiger partial charge in [-0.05, 0) is 30.7 Å². The zero-order valence-electron chi connectivity index (χ0n) is 15.5. The topological polar surface area (TPSA) is 103 Å². The van der Waals surface area contributed by atoms with E-state index in [1.54, 1.807) is 48.1 Å². The molecule has 3 aromatic heterocycles. The molecule has 0 radical (unpaired) electrons. The van der Waals surface area contributed by atoms with Gasteiger partial charge in [-0.15, -0.1) is 0 Å². The Morgan fingerprint density at radius 2 is 2.10 bits per heavy atom. The molecule has 4 rings (SSSR count). The van der Waals surface area contributed by atoms with Crippen LogP contribution in [0.5, 0.6) is 0 Å². The number of amides is 1. The van der Waals surface area contributed by atoms with Gasteiger partial charge in [-0.25, -0.2) is 4.98 Å². The number of pyridine rings is 1. The summed E-state index contributed by atoms with van der Waals surface area (Å²) in [5.74, 6) is 0.768. The van der Waals surface area contributed by atoms with E-state index >= 15 is 0 Å². The second-order valence-electron chi connectivity index (χ2n) is 6.32. The first-order chi connectivity index (χ1) is 14.1. The summed E-state index contributed by atoms with van der Waals surface area (Å²) in [5.41, 5.74) is 1.31. The van der Waals surface area contributed by atoms with Crippen molar-refractivity contribution in [3.05, 3.63) is 76.5 Å². The van der Waals surface area contributed by atoms with Crippen molar-refractivity contribution in [1.29, 1.82) is 0 Å². The minimum absolute atomic E-state index is 0.0731. The minimum atomic E-state index is -0.265. The van der Waals surface area contributed by atoms with Gasteiger partial charge in [-0.3, -0.25) is 19.1 Å². The van der Waals surface area contributed by atoms with Gasteiger partial charge in [-0.1, -0.05) is 35.1 Å². The molecule has 0 spiro atoms. The van der Waals surface area contributed by atoms with E-state index in [9.17, 15) is 9.59 Å². The first kappa shape index (κ1) is 18.9. The Labute approximate surface area is 170 Å². The molecular weight excluding hydrogens is 390 g/mol. The number of aryl methyl sites for hydroxylation is 1. The lowest BCUT2D eigenvalue weighted by Crippen LogP contribution is -2.25. The highest BCUT2D eigenvalue weighted by Crippen LogP contribution is 2.19. The van der Waals surface area contributed by atoms with Gasteiger partial charge >= 0.3 is 0 Å². The maximum absolute atomic E-state index is 13.1. The maximum Gasteiger partial charge on any atom is 0.262 e. The van der Waals surface area contributed by atoms with Gasteiger partial charge in [-0.2, -0.15) is 0 Å². The molecule has 1 N–H and O–H groups in total. The molecule has 1 aromatic carbocycles. The number of fused-ring (bicyclic) bond motifs is 1. The van der Waals surface area contributed by atoms with Gasteiger partial charge in [0.25, 0.3) is 5.56 Å². The fourth-order valence-corrected chi connectivity index (χ4v) is 3.60. The lowest BCUT2D eigenvalue weighted by atomic mass is 10.2. The van der Waals surface area contributed by atoms with E-state index in [1.807, 2.05) is 18.2 Å². The van der Waals surface area contributed by atoms with Crippen molar-refractivity contribution in [2.45, 2.75) is 18.6 Å². The van der Waals surface area contributed by atoms with Crippen LogP contribution in [-0.4, -0.2) is 31.4 Å². The maximum atomic E-state index is 13.1. The summed E-state index contributed by atoms with van der Waals surface area (Å²) in [5, 5.41) is 7.40. The van der Waals surface area contributed by atoms with Crippen LogP contribution in [0.25, 0.3) is 10.9 Å². The zero-order chi connectivity index (χ0) is 20.2. The first-order valence-corrected chi connectivity index (χ1v) is 9.83. The molecule has 146 valence electrons. The molecule has 0 saturated carbocycles. The highest BCUT2D eigenvalue weighted by atomic mass is 32.2. The summed E-state index contributed by atoms with van der Waals surface area (Å²) in [7, 11) is 0.